The molecule has 2 heterocycles. The zero-order valence-electron chi connectivity index (χ0n) is 15.3. The van der Waals surface area contributed by atoms with Gasteiger partial charge >= 0.3 is 0 Å². The fourth-order valence-corrected chi connectivity index (χ4v) is 3.80. The molecule has 5 heteroatoms. The van der Waals surface area contributed by atoms with E-state index in [2.05, 4.69) is 23.5 Å². The number of nitrogens with one attached hydrogen (secondary N) is 1. The third-order valence-electron chi connectivity index (χ3n) is 5.32. The molecular formula is C22H24N2O3. The summed E-state index contributed by atoms with van der Waals surface area (Å²) in [5.74, 6) is 0.651. The lowest BCUT2D eigenvalue weighted by Crippen LogP contribution is -2.39. The number of ether oxygens (including phenoxy) is 1. The molecule has 1 fully saturated rings. The van der Waals surface area contributed by atoms with Crippen LogP contribution < -0.4 is 10.1 Å². The molecule has 2 aromatic carbocycles. The van der Waals surface area contributed by atoms with Gasteiger partial charge in [-0.2, -0.15) is 0 Å². The lowest BCUT2D eigenvalue weighted by molar-refractivity contribution is -0.129. The van der Waals surface area contributed by atoms with E-state index in [0.717, 1.165) is 18.6 Å². The molecule has 1 saturated heterocycles. The summed E-state index contributed by atoms with van der Waals surface area (Å²) in [6.45, 7) is 1.64. The Kier molecular flexibility index (Phi) is 5.10. The number of amides is 2. The molecule has 0 saturated carbocycles. The Labute approximate surface area is 159 Å². The van der Waals surface area contributed by atoms with Crippen LogP contribution in [0, 0.1) is 5.92 Å². The Morgan fingerprint density at radius 3 is 2.67 bits per heavy atom. The molecule has 140 valence electrons. The van der Waals surface area contributed by atoms with Crippen LogP contribution in [-0.2, 0) is 22.4 Å². The summed E-state index contributed by atoms with van der Waals surface area (Å²) in [5, 5.41) is 2.97. The summed E-state index contributed by atoms with van der Waals surface area (Å²) >= 11 is 0. The van der Waals surface area contributed by atoms with Crippen molar-refractivity contribution in [1.29, 1.82) is 0 Å². The fourth-order valence-electron chi connectivity index (χ4n) is 3.80. The fraction of sp³-hybridized carbons (Fsp3) is 0.364. The van der Waals surface area contributed by atoms with E-state index in [1.165, 1.54) is 11.1 Å². The minimum Gasteiger partial charge on any atom is -0.488 e. The van der Waals surface area contributed by atoms with Crippen molar-refractivity contribution in [2.45, 2.75) is 25.4 Å². The second-order valence-electron chi connectivity index (χ2n) is 7.27. The number of nitrogens with zero attached hydrogens (tertiary/aromatic N) is 1. The van der Waals surface area contributed by atoms with Crippen LogP contribution in [0.5, 0.6) is 5.75 Å². The molecule has 2 aliphatic heterocycles. The number of rotatable bonds is 6. The molecule has 27 heavy (non-hydrogen) atoms. The SMILES string of the molecule is O=C(NC[C@@H]1Cc2ccccc2O1)[C@@H]1CC(=O)N(CCc2ccccc2)C1. The molecule has 0 aliphatic carbocycles. The average Bonchev–Trinajstić information content (AvgIpc) is 3.28. The summed E-state index contributed by atoms with van der Waals surface area (Å²) in [5.41, 5.74) is 2.39. The lowest BCUT2D eigenvalue weighted by atomic mass is 10.1. The van der Waals surface area contributed by atoms with Crippen LogP contribution in [0.2, 0.25) is 0 Å². The zero-order chi connectivity index (χ0) is 18.6. The van der Waals surface area contributed by atoms with E-state index in [9.17, 15) is 9.59 Å². The van der Waals surface area contributed by atoms with Crippen molar-refractivity contribution in [1.82, 2.24) is 10.2 Å². The first-order valence-electron chi connectivity index (χ1n) is 9.53. The van der Waals surface area contributed by atoms with Gasteiger partial charge in [-0.25, -0.2) is 0 Å². The van der Waals surface area contributed by atoms with E-state index < -0.39 is 0 Å². The molecule has 2 aromatic rings. The summed E-state index contributed by atoms with van der Waals surface area (Å²) in [7, 11) is 0. The highest BCUT2D eigenvalue weighted by Crippen LogP contribution is 2.28. The van der Waals surface area contributed by atoms with Gasteiger partial charge < -0.3 is 15.0 Å². The van der Waals surface area contributed by atoms with Gasteiger partial charge in [0.15, 0.2) is 0 Å². The van der Waals surface area contributed by atoms with Crippen molar-refractivity contribution in [2.24, 2.45) is 5.92 Å². The van der Waals surface area contributed by atoms with Crippen molar-refractivity contribution < 1.29 is 14.3 Å². The first-order valence-corrected chi connectivity index (χ1v) is 9.53. The predicted octanol–water partition coefficient (Wildman–Crippen LogP) is 2.20. The number of likely N-dealkylation sites (tertiary alicyclic amines) is 1. The molecule has 5 nitrogen and oxygen atoms in total. The highest BCUT2D eigenvalue weighted by molar-refractivity contribution is 5.89. The topological polar surface area (TPSA) is 58.6 Å². The minimum atomic E-state index is -0.267. The monoisotopic (exact) mass is 364 g/mol. The summed E-state index contributed by atoms with van der Waals surface area (Å²) in [6.07, 6.45) is 1.89. The van der Waals surface area contributed by atoms with Crippen molar-refractivity contribution in [3.8, 4) is 5.75 Å². The van der Waals surface area contributed by atoms with Crippen LogP contribution in [0.25, 0.3) is 0 Å². The van der Waals surface area contributed by atoms with Crippen LogP contribution in [0.15, 0.2) is 54.6 Å². The summed E-state index contributed by atoms with van der Waals surface area (Å²) < 4.78 is 5.86. The number of hydrogen-bond acceptors (Lipinski definition) is 3. The Morgan fingerprint density at radius 1 is 1.07 bits per heavy atom. The maximum atomic E-state index is 12.5. The van der Waals surface area contributed by atoms with Gasteiger partial charge in [0.05, 0.1) is 12.5 Å². The third kappa shape index (κ3) is 4.13. The summed E-state index contributed by atoms with van der Waals surface area (Å²) in [4.78, 5) is 26.5. The highest BCUT2D eigenvalue weighted by atomic mass is 16.5. The van der Waals surface area contributed by atoms with Crippen LogP contribution in [-0.4, -0.2) is 42.5 Å². The normalized spacial score (nSPS) is 21.0. The minimum absolute atomic E-state index is 0.0300. The first-order chi connectivity index (χ1) is 13.2. The smallest absolute Gasteiger partial charge is 0.225 e. The van der Waals surface area contributed by atoms with E-state index in [4.69, 9.17) is 4.74 Å². The van der Waals surface area contributed by atoms with Crippen molar-refractivity contribution in [3.63, 3.8) is 0 Å². The second kappa shape index (κ2) is 7.82. The van der Waals surface area contributed by atoms with Gasteiger partial charge in [0.1, 0.15) is 11.9 Å². The molecule has 4 rings (SSSR count). The Morgan fingerprint density at radius 2 is 1.85 bits per heavy atom. The predicted molar refractivity (Wildman–Crippen MR) is 102 cm³/mol. The van der Waals surface area contributed by atoms with Gasteiger partial charge in [0, 0.05) is 25.9 Å². The lowest BCUT2D eigenvalue weighted by Gasteiger charge is -2.17. The van der Waals surface area contributed by atoms with E-state index in [0.29, 0.717) is 26.1 Å². The van der Waals surface area contributed by atoms with E-state index in [1.54, 1.807) is 4.90 Å². The van der Waals surface area contributed by atoms with Gasteiger partial charge in [-0.3, -0.25) is 9.59 Å². The molecule has 0 aromatic heterocycles. The molecule has 0 spiro atoms. The maximum absolute atomic E-state index is 12.5. The first kappa shape index (κ1) is 17.6. The van der Waals surface area contributed by atoms with Crippen LogP contribution in [0.1, 0.15) is 17.5 Å². The Balaban J connectivity index is 1.23. The number of carbonyl (C=O) groups is 2. The highest BCUT2D eigenvalue weighted by Gasteiger charge is 2.34. The van der Waals surface area contributed by atoms with E-state index >= 15 is 0 Å². The van der Waals surface area contributed by atoms with Crippen LogP contribution in [0.3, 0.4) is 0 Å². The number of benzene rings is 2. The number of para-hydroxylation sites is 1. The molecule has 0 unspecified atom stereocenters. The van der Waals surface area contributed by atoms with E-state index in [1.807, 2.05) is 36.4 Å². The molecule has 2 aliphatic rings. The molecule has 0 radical (unpaired) electrons. The molecule has 0 bridgehead atoms. The van der Waals surface area contributed by atoms with Crippen molar-refractivity contribution >= 4 is 11.8 Å². The maximum Gasteiger partial charge on any atom is 0.225 e. The van der Waals surface area contributed by atoms with Crippen molar-refractivity contribution in [2.75, 3.05) is 19.6 Å². The molecule has 2 atom stereocenters. The third-order valence-corrected chi connectivity index (χ3v) is 5.32. The zero-order valence-corrected chi connectivity index (χ0v) is 15.3. The largest absolute Gasteiger partial charge is 0.488 e. The van der Waals surface area contributed by atoms with E-state index in [-0.39, 0.29) is 23.8 Å². The molecular weight excluding hydrogens is 340 g/mol. The van der Waals surface area contributed by atoms with Gasteiger partial charge in [-0.15, -0.1) is 0 Å². The molecule has 1 N–H and O–H groups in total. The van der Waals surface area contributed by atoms with Crippen LogP contribution >= 0.6 is 0 Å². The van der Waals surface area contributed by atoms with Gasteiger partial charge in [-0.05, 0) is 23.6 Å². The van der Waals surface area contributed by atoms with Gasteiger partial charge in [0.2, 0.25) is 11.8 Å². The summed E-state index contributed by atoms with van der Waals surface area (Å²) in [6, 6.07) is 18.1. The number of fused-ring (bicyclic) bond motifs is 1. The van der Waals surface area contributed by atoms with Gasteiger partial charge in [0.25, 0.3) is 0 Å². The quantitative estimate of drug-likeness (QED) is 0.855. The Hall–Kier alpha value is -2.82. The molecule has 2 amide bonds. The second-order valence-corrected chi connectivity index (χ2v) is 7.27. The standard InChI is InChI=1S/C22H24N2O3/c25-21-13-18(15-24(21)11-10-16-6-2-1-3-7-16)22(26)23-14-19-12-17-8-4-5-9-20(17)27-19/h1-9,18-19H,10-15H2,(H,23,26)/t18-,19+/m1/s1. The Bertz CT molecular complexity index is 796. The average molecular weight is 364 g/mol. The number of hydrogen-bond donors (Lipinski definition) is 1. The van der Waals surface area contributed by atoms with Gasteiger partial charge in [-0.1, -0.05) is 48.5 Å². The van der Waals surface area contributed by atoms with Crippen molar-refractivity contribution in [3.05, 3.63) is 65.7 Å². The van der Waals surface area contributed by atoms with Crippen LogP contribution in [0.4, 0.5) is 0 Å². The number of carbonyl (C=O) groups excluding carboxylic acids is 2.